The molecule has 0 heterocycles. The normalized spacial score (nSPS) is 11.9. The zero-order valence-electron chi connectivity index (χ0n) is 8.63. The molecule has 17 heavy (non-hydrogen) atoms. The minimum atomic E-state index is -1.01. The Bertz CT molecular complexity index is 452. The van der Waals surface area contributed by atoms with Gasteiger partial charge in [0, 0.05) is 6.07 Å². The molecule has 0 fully saturated rings. The number of amides is 1. The Labute approximate surface area is 105 Å². The van der Waals surface area contributed by atoms with Crippen molar-refractivity contribution in [3.05, 3.63) is 32.8 Å². The summed E-state index contributed by atoms with van der Waals surface area (Å²) in [7, 11) is 0. The van der Waals surface area contributed by atoms with Crippen LogP contribution in [0.5, 0.6) is 5.75 Å². The summed E-state index contributed by atoms with van der Waals surface area (Å²) in [5.74, 6) is -0.714. The largest absolute Gasteiger partial charge is 0.484 e. The molecule has 1 rings (SSSR count). The predicted molar refractivity (Wildman–Crippen MR) is 63.5 cm³/mol. The maximum Gasteiger partial charge on any atom is 0.312 e. The van der Waals surface area contributed by atoms with Crippen molar-refractivity contribution in [1.29, 1.82) is 0 Å². The summed E-state index contributed by atoms with van der Waals surface area (Å²) in [5, 5.41) is 10.7. The van der Waals surface area contributed by atoms with Crippen LogP contribution < -0.4 is 16.2 Å². The van der Waals surface area contributed by atoms with E-state index in [0.717, 1.165) is 0 Å². The maximum absolute atomic E-state index is 10.7. The van der Waals surface area contributed by atoms with Gasteiger partial charge in [-0.3, -0.25) is 14.9 Å². The molecule has 0 radical (unpaired) electrons. The zero-order valence-corrected chi connectivity index (χ0v) is 10.2. The summed E-state index contributed by atoms with van der Waals surface area (Å²) in [5.41, 5.74) is 10.1. The predicted octanol–water partition coefficient (Wildman–Crippen LogP) is 0.549. The first kappa shape index (κ1) is 13.4. The molecule has 0 saturated carbocycles. The average Bonchev–Trinajstić information content (AvgIpc) is 2.26. The lowest BCUT2D eigenvalue weighted by atomic mass is 10.3. The molecule has 0 bridgehead atoms. The number of hydrogen-bond donors (Lipinski definition) is 2. The number of hydrogen-bond acceptors (Lipinski definition) is 5. The molecule has 1 unspecified atom stereocenters. The second-order valence-electron chi connectivity index (χ2n) is 3.17. The van der Waals surface area contributed by atoms with Crippen molar-refractivity contribution < 1.29 is 14.5 Å². The third-order valence-corrected chi connectivity index (χ3v) is 2.54. The Balaban J connectivity index is 2.90. The van der Waals surface area contributed by atoms with Gasteiger partial charge in [-0.2, -0.15) is 0 Å². The topological polar surface area (TPSA) is 121 Å². The van der Waals surface area contributed by atoms with Crippen LogP contribution in [-0.2, 0) is 4.79 Å². The van der Waals surface area contributed by atoms with E-state index in [4.69, 9.17) is 16.2 Å². The number of carbonyl (C=O) groups is 1. The van der Waals surface area contributed by atoms with Crippen molar-refractivity contribution in [2.24, 2.45) is 11.5 Å². The van der Waals surface area contributed by atoms with E-state index < -0.39 is 16.9 Å². The highest BCUT2D eigenvalue weighted by Crippen LogP contribution is 2.34. The summed E-state index contributed by atoms with van der Waals surface area (Å²) in [6.45, 7) is -0.223. The highest BCUT2D eigenvalue weighted by atomic mass is 79.9. The quantitative estimate of drug-likeness (QED) is 0.607. The number of nitrogens with two attached hydrogens (primary N) is 2. The van der Waals surface area contributed by atoms with Gasteiger partial charge in [0.25, 0.3) is 0 Å². The molecule has 0 aromatic heterocycles. The molecule has 0 spiro atoms. The zero-order chi connectivity index (χ0) is 13.0. The van der Waals surface area contributed by atoms with E-state index in [1.54, 1.807) is 6.07 Å². The Morgan fingerprint density at radius 2 is 2.24 bits per heavy atom. The molecule has 7 nitrogen and oxygen atoms in total. The van der Waals surface area contributed by atoms with Gasteiger partial charge in [-0.1, -0.05) is 6.07 Å². The van der Waals surface area contributed by atoms with E-state index >= 15 is 0 Å². The van der Waals surface area contributed by atoms with E-state index in [-0.39, 0.29) is 18.0 Å². The lowest BCUT2D eigenvalue weighted by molar-refractivity contribution is -0.386. The molecule has 1 atom stereocenters. The Morgan fingerprint density at radius 1 is 1.59 bits per heavy atom. The first-order valence-corrected chi connectivity index (χ1v) is 5.33. The number of halogens is 1. The number of nitrogens with zero attached hydrogens (tertiary/aromatic N) is 1. The van der Waals surface area contributed by atoms with E-state index in [2.05, 4.69) is 15.9 Å². The highest BCUT2D eigenvalue weighted by Gasteiger charge is 2.19. The molecule has 1 aromatic rings. The van der Waals surface area contributed by atoms with E-state index in [1.807, 2.05) is 0 Å². The van der Waals surface area contributed by atoms with Crippen molar-refractivity contribution >= 4 is 27.5 Å². The molecule has 1 amide bonds. The molecule has 0 aliphatic heterocycles. The van der Waals surface area contributed by atoms with Crippen LogP contribution in [0, 0.1) is 10.1 Å². The third kappa shape index (κ3) is 3.40. The molecule has 1 aromatic carbocycles. The second-order valence-corrected chi connectivity index (χ2v) is 4.02. The van der Waals surface area contributed by atoms with Gasteiger partial charge < -0.3 is 16.2 Å². The van der Waals surface area contributed by atoms with Crippen molar-refractivity contribution in [2.75, 3.05) is 6.61 Å². The maximum atomic E-state index is 10.7. The van der Waals surface area contributed by atoms with Gasteiger partial charge in [0.05, 0.1) is 9.40 Å². The summed E-state index contributed by atoms with van der Waals surface area (Å²) in [4.78, 5) is 20.8. The van der Waals surface area contributed by atoms with E-state index in [9.17, 15) is 14.9 Å². The van der Waals surface area contributed by atoms with Gasteiger partial charge in [0.1, 0.15) is 12.6 Å². The van der Waals surface area contributed by atoms with Crippen LogP contribution in [-0.4, -0.2) is 23.5 Å². The number of rotatable bonds is 5. The molecular formula is C9H10BrN3O4. The lowest BCUT2D eigenvalue weighted by Gasteiger charge is -2.11. The standard InChI is InChI=1S/C9H10BrN3O4/c10-5-2-1-3-7(13(15)16)8(5)17-4-6(11)9(12)14/h1-3,6H,4,11H2,(H2,12,14). The summed E-state index contributed by atoms with van der Waals surface area (Å²) in [6, 6.07) is 3.36. The monoisotopic (exact) mass is 303 g/mol. The Morgan fingerprint density at radius 3 is 2.76 bits per heavy atom. The molecule has 0 aliphatic rings. The summed E-state index contributed by atoms with van der Waals surface area (Å²) in [6.07, 6.45) is 0. The fourth-order valence-electron chi connectivity index (χ4n) is 1.04. The van der Waals surface area contributed by atoms with E-state index in [1.165, 1.54) is 12.1 Å². The second kappa shape index (κ2) is 5.60. The van der Waals surface area contributed by atoms with Gasteiger partial charge in [0.15, 0.2) is 0 Å². The first-order chi connectivity index (χ1) is 7.93. The summed E-state index contributed by atoms with van der Waals surface area (Å²) >= 11 is 3.12. The average molecular weight is 304 g/mol. The number of nitro benzene ring substituents is 1. The van der Waals surface area contributed by atoms with Crippen LogP contribution in [0.2, 0.25) is 0 Å². The Kier molecular flexibility index (Phi) is 4.41. The molecule has 0 aliphatic carbocycles. The minimum Gasteiger partial charge on any atom is -0.484 e. The van der Waals surface area contributed by atoms with Crippen LogP contribution in [0.1, 0.15) is 0 Å². The number of primary amides is 1. The van der Waals surface area contributed by atoms with Crippen molar-refractivity contribution in [2.45, 2.75) is 6.04 Å². The highest BCUT2D eigenvalue weighted by molar-refractivity contribution is 9.10. The van der Waals surface area contributed by atoms with Crippen molar-refractivity contribution in [3.8, 4) is 5.75 Å². The SMILES string of the molecule is NC(=O)C(N)COc1c(Br)cccc1[N+](=O)[O-]. The molecule has 4 N–H and O–H groups in total. The van der Waals surface area contributed by atoms with Crippen LogP contribution in [0.3, 0.4) is 0 Å². The third-order valence-electron chi connectivity index (χ3n) is 1.92. The van der Waals surface area contributed by atoms with Crippen molar-refractivity contribution in [1.82, 2.24) is 0 Å². The minimum absolute atomic E-state index is 0.0224. The molecular weight excluding hydrogens is 294 g/mol. The van der Waals surface area contributed by atoms with Gasteiger partial charge >= 0.3 is 5.69 Å². The van der Waals surface area contributed by atoms with Crippen LogP contribution in [0.25, 0.3) is 0 Å². The van der Waals surface area contributed by atoms with Crippen LogP contribution in [0.15, 0.2) is 22.7 Å². The van der Waals surface area contributed by atoms with E-state index in [0.29, 0.717) is 4.47 Å². The Hall–Kier alpha value is -1.67. The van der Waals surface area contributed by atoms with Gasteiger partial charge in [-0.05, 0) is 22.0 Å². The molecule has 0 saturated heterocycles. The molecule has 92 valence electrons. The fraction of sp³-hybridized carbons (Fsp3) is 0.222. The van der Waals surface area contributed by atoms with Crippen LogP contribution >= 0.6 is 15.9 Å². The number of para-hydroxylation sites is 1. The van der Waals surface area contributed by atoms with Gasteiger partial charge in [-0.25, -0.2) is 0 Å². The van der Waals surface area contributed by atoms with Crippen molar-refractivity contribution in [3.63, 3.8) is 0 Å². The smallest absolute Gasteiger partial charge is 0.312 e. The fourth-order valence-corrected chi connectivity index (χ4v) is 1.51. The number of nitro groups is 1. The number of carbonyl (C=O) groups excluding carboxylic acids is 1. The lowest BCUT2D eigenvalue weighted by Crippen LogP contribution is -2.41. The van der Waals surface area contributed by atoms with Gasteiger partial charge in [-0.15, -0.1) is 0 Å². The summed E-state index contributed by atoms with van der Waals surface area (Å²) < 4.78 is 5.54. The number of benzene rings is 1. The van der Waals surface area contributed by atoms with Crippen LogP contribution in [0.4, 0.5) is 5.69 Å². The number of ether oxygens (including phenoxy) is 1. The van der Waals surface area contributed by atoms with Gasteiger partial charge in [0.2, 0.25) is 11.7 Å². The molecule has 8 heteroatoms. The first-order valence-electron chi connectivity index (χ1n) is 4.54.